The molecule has 1 N–H and O–H groups in total. The Morgan fingerprint density at radius 1 is 1.59 bits per heavy atom. The van der Waals surface area contributed by atoms with E-state index in [-0.39, 0.29) is 17.8 Å². The van der Waals surface area contributed by atoms with Gasteiger partial charge in [0.15, 0.2) is 0 Å². The topological polar surface area (TPSA) is 32.3 Å². The van der Waals surface area contributed by atoms with Crippen molar-refractivity contribution < 1.29 is 9.18 Å². The van der Waals surface area contributed by atoms with Gasteiger partial charge in [-0.25, -0.2) is 4.39 Å². The number of amides is 1. The van der Waals surface area contributed by atoms with Crippen molar-refractivity contribution in [2.75, 3.05) is 18.0 Å². The van der Waals surface area contributed by atoms with Gasteiger partial charge in [0.1, 0.15) is 5.82 Å². The Morgan fingerprint density at radius 3 is 3.00 bits per heavy atom. The molecular formula is C12H14BrFN2O. The summed E-state index contributed by atoms with van der Waals surface area (Å²) in [5.41, 5.74) is 0.621. The number of hydrogen-bond acceptors (Lipinski definition) is 2. The molecule has 1 unspecified atom stereocenters. The largest absolute Gasteiger partial charge is 0.311 e. The van der Waals surface area contributed by atoms with Gasteiger partial charge in [-0.05, 0) is 47.1 Å². The highest BCUT2D eigenvalue weighted by Gasteiger charge is 2.31. The predicted molar refractivity (Wildman–Crippen MR) is 68.5 cm³/mol. The summed E-state index contributed by atoms with van der Waals surface area (Å²) in [6.07, 6.45) is 0.768. The highest BCUT2D eigenvalue weighted by atomic mass is 79.9. The van der Waals surface area contributed by atoms with Crippen LogP contribution in [0.2, 0.25) is 0 Å². The first-order chi connectivity index (χ1) is 8.13. The van der Waals surface area contributed by atoms with Crippen LogP contribution in [0.25, 0.3) is 0 Å². The number of anilines is 1. The number of likely N-dealkylation sites (N-methyl/N-ethyl adjacent to an activating group) is 1. The van der Waals surface area contributed by atoms with Crippen molar-refractivity contribution in [2.24, 2.45) is 0 Å². The molecule has 0 spiro atoms. The smallest absolute Gasteiger partial charge is 0.244 e. The third-order valence-electron chi connectivity index (χ3n) is 2.87. The van der Waals surface area contributed by atoms with Crippen molar-refractivity contribution in [3.05, 3.63) is 28.5 Å². The van der Waals surface area contributed by atoms with Gasteiger partial charge in [-0.2, -0.15) is 0 Å². The van der Waals surface area contributed by atoms with Crippen molar-refractivity contribution in [1.29, 1.82) is 0 Å². The van der Waals surface area contributed by atoms with Crippen molar-refractivity contribution in [1.82, 2.24) is 5.32 Å². The van der Waals surface area contributed by atoms with E-state index in [0.717, 1.165) is 13.0 Å². The van der Waals surface area contributed by atoms with Crippen LogP contribution in [0.5, 0.6) is 0 Å². The van der Waals surface area contributed by atoms with Crippen LogP contribution >= 0.6 is 15.9 Å². The highest BCUT2D eigenvalue weighted by molar-refractivity contribution is 9.10. The molecule has 1 aliphatic rings. The van der Waals surface area contributed by atoms with Crippen molar-refractivity contribution in [3.63, 3.8) is 0 Å². The molecule has 0 saturated carbocycles. The summed E-state index contributed by atoms with van der Waals surface area (Å²) in [6, 6.07) is 4.63. The number of benzene rings is 1. The summed E-state index contributed by atoms with van der Waals surface area (Å²) < 4.78 is 13.8. The molecule has 1 aromatic carbocycles. The lowest BCUT2D eigenvalue weighted by Crippen LogP contribution is -2.38. The number of nitrogens with one attached hydrogen (secondary N) is 1. The summed E-state index contributed by atoms with van der Waals surface area (Å²) in [7, 11) is 0. The van der Waals surface area contributed by atoms with E-state index in [1.807, 2.05) is 6.92 Å². The number of rotatable bonds is 3. The first-order valence-corrected chi connectivity index (χ1v) is 6.42. The van der Waals surface area contributed by atoms with E-state index in [1.165, 1.54) is 6.07 Å². The summed E-state index contributed by atoms with van der Waals surface area (Å²) in [5.74, 6) is -0.323. The van der Waals surface area contributed by atoms with E-state index in [9.17, 15) is 9.18 Å². The lowest BCUT2D eigenvalue weighted by Gasteiger charge is -2.17. The number of carbonyl (C=O) groups is 1. The second-order valence-electron chi connectivity index (χ2n) is 3.99. The van der Waals surface area contributed by atoms with Gasteiger partial charge in [-0.3, -0.25) is 4.79 Å². The molecule has 92 valence electrons. The van der Waals surface area contributed by atoms with E-state index in [1.54, 1.807) is 17.0 Å². The molecule has 1 aliphatic heterocycles. The summed E-state index contributed by atoms with van der Waals surface area (Å²) in [6.45, 7) is 3.37. The van der Waals surface area contributed by atoms with E-state index in [4.69, 9.17) is 0 Å². The zero-order valence-corrected chi connectivity index (χ0v) is 11.1. The van der Waals surface area contributed by atoms with Crippen LogP contribution in [0.3, 0.4) is 0 Å². The standard InChI is InChI=1S/C12H14BrFN2O/c1-2-15-11-5-6-16(12(11)17)8-3-4-9(13)10(14)7-8/h3-4,7,11,15H,2,5-6H2,1H3. The predicted octanol–water partition coefficient (Wildman–Crippen LogP) is 2.30. The van der Waals surface area contributed by atoms with Gasteiger partial charge in [0.05, 0.1) is 10.5 Å². The first-order valence-electron chi connectivity index (χ1n) is 5.63. The molecule has 1 saturated heterocycles. The fourth-order valence-electron chi connectivity index (χ4n) is 2.03. The Bertz CT molecular complexity index is 439. The SMILES string of the molecule is CCNC1CCN(c2ccc(Br)c(F)c2)C1=O. The zero-order valence-electron chi connectivity index (χ0n) is 9.54. The molecule has 1 aromatic rings. The summed E-state index contributed by atoms with van der Waals surface area (Å²) >= 11 is 3.10. The van der Waals surface area contributed by atoms with E-state index < -0.39 is 0 Å². The van der Waals surface area contributed by atoms with Gasteiger partial charge in [-0.1, -0.05) is 6.92 Å². The first kappa shape index (κ1) is 12.5. The van der Waals surface area contributed by atoms with Crippen LogP contribution in [0.4, 0.5) is 10.1 Å². The summed E-state index contributed by atoms with van der Waals surface area (Å²) in [5, 5.41) is 3.13. The Labute approximate surface area is 108 Å². The second-order valence-corrected chi connectivity index (χ2v) is 4.84. The van der Waals surface area contributed by atoms with Gasteiger partial charge >= 0.3 is 0 Å². The lowest BCUT2D eigenvalue weighted by atomic mass is 10.2. The average Bonchev–Trinajstić information content (AvgIpc) is 2.66. The zero-order chi connectivity index (χ0) is 12.4. The molecule has 0 aromatic heterocycles. The van der Waals surface area contributed by atoms with Crippen molar-refractivity contribution in [3.8, 4) is 0 Å². The normalized spacial score (nSPS) is 20.1. The molecule has 0 aliphatic carbocycles. The van der Waals surface area contributed by atoms with Crippen LogP contribution in [-0.2, 0) is 4.79 Å². The molecular weight excluding hydrogens is 287 g/mol. The average molecular weight is 301 g/mol. The highest BCUT2D eigenvalue weighted by Crippen LogP contribution is 2.25. The number of nitrogens with zero attached hydrogens (tertiary/aromatic N) is 1. The molecule has 0 bridgehead atoms. The van der Waals surface area contributed by atoms with E-state index in [0.29, 0.717) is 16.7 Å². The fourth-order valence-corrected chi connectivity index (χ4v) is 2.27. The maximum absolute atomic E-state index is 13.4. The Morgan fingerprint density at radius 2 is 2.35 bits per heavy atom. The van der Waals surface area contributed by atoms with Gasteiger partial charge in [0.2, 0.25) is 5.91 Å². The number of halogens is 2. The number of hydrogen-bond donors (Lipinski definition) is 1. The van der Waals surface area contributed by atoms with Crippen LogP contribution in [0.15, 0.2) is 22.7 Å². The second kappa shape index (κ2) is 5.14. The number of carbonyl (C=O) groups excluding carboxylic acids is 1. The summed E-state index contributed by atoms with van der Waals surface area (Å²) in [4.78, 5) is 13.6. The monoisotopic (exact) mass is 300 g/mol. The van der Waals surface area contributed by atoms with Crippen LogP contribution < -0.4 is 10.2 Å². The van der Waals surface area contributed by atoms with E-state index >= 15 is 0 Å². The molecule has 5 heteroatoms. The third-order valence-corrected chi connectivity index (χ3v) is 3.51. The van der Waals surface area contributed by atoms with Crippen molar-refractivity contribution >= 4 is 27.5 Å². The molecule has 1 fully saturated rings. The Kier molecular flexibility index (Phi) is 3.79. The van der Waals surface area contributed by atoms with Crippen LogP contribution in [0, 0.1) is 5.82 Å². The Hall–Kier alpha value is -0.940. The Balaban J connectivity index is 2.18. The minimum atomic E-state index is -0.345. The minimum absolute atomic E-state index is 0.0218. The van der Waals surface area contributed by atoms with Gasteiger partial charge < -0.3 is 10.2 Å². The quantitative estimate of drug-likeness (QED) is 0.929. The molecule has 17 heavy (non-hydrogen) atoms. The molecule has 2 rings (SSSR count). The molecule has 1 amide bonds. The lowest BCUT2D eigenvalue weighted by molar-refractivity contribution is -0.118. The van der Waals surface area contributed by atoms with E-state index in [2.05, 4.69) is 21.2 Å². The maximum Gasteiger partial charge on any atom is 0.244 e. The fraction of sp³-hybridized carbons (Fsp3) is 0.417. The van der Waals surface area contributed by atoms with Gasteiger partial charge in [0.25, 0.3) is 0 Å². The molecule has 1 heterocycles. The maximum atomic E-state index is 13.4. The van der Waals surface area contributed by atoms with Crippen molar-refractivity contribution in [2.45, 2.75) is 19.4 Å². The molecule has 1 atom stereocenters. The third kappa shape index (κ3) is 2.50. The van der Waals surface area contributed by atoms with Crippen LogP contribution in [-0.4, -0.2) is 25.0 Å². The minimum Gasteiger partial charge on any atom is -0.311 e. The van der Waals surface area contributed by atoms with Crippen LogP contribution in [0.1, 0.15) is 13.3 Å². The molecule has 0 radical (unpaired) electrons. The van der Waals surface area contributed by atoms with Gasteiger partial charge in [-0.15, -0.1) is 0 Å². The molecule has 3 nitrogen and oxygen atoms in total. The van der Waals surface area contributed by atoms with Gasteiger partial charge in [0, 0.05) is 12.2 Å².